The van der Waals surface area contributed by atoms with Crippen LogP contribution < -0.4 is 5.32 Å². The molecule has 2 N–H and O–H groups in total. The molecule has 2 heterocycles. The molecule has 3 rings (SSSR count). The van der Waals surface area contributed by atoms with Crippen LogP contribution in [-0.4, -0.2) is 34.9 Å². The van der Waals surface area contributed by atoms with Gasteiger partial charge in [-0.25, -0.2) is 4.79 Å². The third-order valence-corrected chi connectivity index (χ3v) is 3.26. The third-order valence-electron chi connectivity index (χ3n) is 3.26. The van der Waals surface area contributed by atoms with Gasteiger partial charge in [0.05, 0.1) is 12.6 Å². The first kappa shape index (κ1) is 12.0. The lowest BCUT2D eigenvalue weighted by Crippen LogP contribution is -2.22. The van der Waals surface area contributed by atoms with Gasteiger partial charge < -0.3 is 19.7 Å². The van der Waals surface area contributed by atoms with Gasteiger partial charge in [0.25, 0.3) is 0 Å². The van der Waals surface area contributed by atoms with E-state index >= 15 is 0 Å². The van der Waals surface area contributed by atoms with Gasteiger partial charge in [0.1, 0.15) is 12.3 Å². The highest BCUT2D eigenvalue weighted by Crippen LogP contribution is 2.25. The number of aliphatic hydroxyl groups excluding tert-OH is 1. The second-order valence-corrected chi connectivity index (χ2v) is 4.82. The Hall–Kier alpha value is -2.01. The predicted octanol–water partition coefficient (Wildman–Crippen LogP) is 1.60. The molecule has 0 aliphatic carbocycles. The molecule has 2 aromatic rings. The summed E-state index contributed by atoms with van der Waals surface area (Å²) < 4.78 is 7.02. The van der Waals surface area contributed by atoms with Gasteiger partial charge in [0.2, 0.25) is 0 Å². The van der Waals surface area contributed by atoms with Gasteiger partial charge in [-0.3, -0.25) is 0 Å². The summed E-state index contributed by atoms with van der Waals surface area (Å²) in [5.41, 5.74) is 2.58. The molecule has 1 atom stereocenters. The molecule has 0 bridgehead atoms. The molecular weight excluding hydrogens is 244 g/mol. The summed E-state index contributed by atoms with van der Waals surface area (Å²) in [5, 5.41) is 13.4. The number of carbonyl (C=O) groups is 1. The lowest BCUT2D eigenvalue weighted by atomic mass is 10.2. The van der Waals surface area contributed by atoms with Crippen LogP contribution in [0.25, 0.3) is 10.9 Å². The average Bonchev–Trinajstić information content (AvgIpc) is 2.76. The minimum Gasteiger partial charge on any atom is -0.459 e. The standard InChI is InChI=1S/C14H16N2O3/c1-9(17)8-15-11-2-3-12-10(6-11)7-13-14(18)19-5-4-16(12)13/h2-3,6-7,9,15,17H,4-5,8H2,1H3. The number of aromatic nitrogens is 1. The Labute approximate surface area is 110 Å². The van der Waals surface area contributed by atoms with Crippen LogP contribution in [0.3, 0.4) is 0 Å². The van der Waals surface area contributed by atoms with Crippen molar-refractivity contribution in [1.82, 2.24) is 4.57 Å². The van der Waals surface area contributed by atoms with Crippen LogP contribution in [0.4, 0.5) is 5.69 Å². The van der Waals surface area contributed by atoms with E-state index in [1.807, 2.05) is 28.8 Å². The van der Waals surface area contributed by atoms with E-state index in [1.54, 1.807) is 6.92 Å². The summed E-state index contributed by atoms with van der Waals surface area (Å²) in [6.45, 7) is 3.36. The van der Waals surface area contributed by atoms with E-state index in [0.29, 0.717) is 25.4 Å². The van der Waals surface area contributed by atoms with Crippen molar-refractivity contribution in [3.05, 3.63) is 30.0 Å². The van der Waals surface area contributed by atoms with E-state index in [0.717, 1.165) is 16.6 Å². The number of hydrogen-bond donors (Lipinski definition) is 2. The van der Waals surface area contributed by atoms with Crippen molar-refractivity contribution in [2.45, 2.75) is 19.6 Å². The van der Waals surface area contributed by atoms with E-state index < -0.39 is 6.10 Å². The van der Waals surface area contributed by atoms with Crippen molar-refractivity contribution in [2.24, 2.45) is 0 Å². The van der Waals surface area contributed by atoms with Gasteiger partial charge in [-0.1, -0.05) is 0 Å². The Morgan fingerprint density at radius 2 is 2.32 bits per heavy atom. The quantitative estimate of drug-likeness (QED) is 0.823. The number of rotatable bonds is 3. The maximum atomic E-state index is 11.7. The molecule has 19 heavy (non-hydrogen) atoms. The number of esters is 1. The minimum atomic E-state index is -0.395. The average molecular weight is 260 g/mol. The van der Waals surface area contributed by atoms with Crippen molar-refractivity contribution in [1.29, 1.82) is 0 Å². The Morgan fingerprint density at radius 1 is 1.47 bits per heavy atom. The number of hydrogen-bond acceptors (Lipinski definition) is 4. The summed E-state index contributed by atoms with van der Waals surface area (Å²) in [7, 11) is 0. The summed E-state index contributed by atoms with van der Waals surface area (Å²) >= 11 is 0. The summed E-state index contributed by atoms with van der Waals surface area (Å²) in [6, 6.07) is 7.78. The molecule has 1 aromatic heterocycles. The summed E-state index contributed by atoms with van der Waals surface area (Å²) in [4.78, 5) is 11.7. The molecule has 1 aliphatic heterocycles. The number of anilines is 1. The van der Waals surface area contributed by atoms with E-state index in [9.17, 15) is 9.90 Å². The number of benzene rings is 1. The topological polar surface area (TPSA) is 63.5 Å². The lowest BCUT2D eigenvalue weighted by Gasteiger charge is -2.15. The predicted molar refractivity (Wildman–Crippen MR) is 72.4 cm³/mol. The molecule has 1 aromatic carbocycles. The van der Waals surface area contributed by atoms with Crippen molar-refractivity contribution >= 4 is 22.6 Å². The van der Waals surface area contributed by atoms with Gasteiger partial charge in [-0.05, 0) is 31.2 Å². The monoisotopic (exact) mass is 260 g/mol. The van der Waals surface area contributed by atoms with Crippen molar-refractivity contribution in [2.75, 3.05) is 18.5 Å². The number of cyclic esters (lactones) is 1. The van der Waals surface area contributed by atoms with Crippen LogP contribution >= 0.6 is 0 Å². The number of fused-ring (bicyclic) bond motifs is 3. The first-order valence-corrected chi connectivity index (χ1v) is 6.37. The number of ether oxygens (including phenoxy) is 1. The molecule has 1 unspecified atom stereocenters. The third kappa shape index (κ3) is 2.17. The fourth-order valence-electron chi connectivity index (χ4n) is 2.36. The molecule has 1 aliphatic rings. The molecule has 5 nitrogen and oxygen atoms in total. The van der Waals surface area contributed by atoms with Gasteiger partial charge >= 0.3 is 5.97 Å². The highest BCUT2D eigenvalue weighted by atomic mass is 16.5. The molecule has 5 heteroatoms. The van der Waals surface area contributed by atoms with Gasteiger partial charge in [-0.2, -0.15) is 0 Å². The largest absolute Gasteiger partial charge is 0.459 e. The normalized spacial score (nSPS) is 16.0. The van der Waals surface area contributed by atoms with Crippen LogP contribution in [-0.2, 0) is 11.3 Å². The fraction of sp³-hybridized carbons (Fsp3) is 0.357. The minimum absolute atomic E-state index is 0.263. The molecule has 100 valence electrons. The molecule has 0 fully saturated rings. The van der Waals surface area contributed by atoms with Crippen LogP contribution in [0.2, 0.25) is 0 Å². The number of nitrogens with zero attached hydrogens (tertiary/aromatic N) is 1. The Bertz CT molecular complexity index is 631. The number of nitrogens with one attached hydrogen (secondary N) is 1. The maximum absolute atomic E-state index is 11.7. The summed E-state index contributed by atoms with van der Waals surface area (Å²) in [6.07, 6.45) is -0.395. The van der Waals surface area contributed by atoms with E-state index in [-0.39, 0.29) is 5.97 Å². The van der Waals surface area contributed by atoms with Gasteiger partial charge in [0, 0.05) is 23.1 Å². The second kappa shape index (κ2) is 4.59. The first-order chi connectivity index (χ1) is 9.15. The lowest BCUT2D eigenvalue weighted by molar-refractivity contribution is 0.0426. The number of carbonyl (C=O) groups excluding carboxylic acids is 1. The zero-order valence-corrected chi connectivity index (χ0v) is 10.7. The van der Waals surface area contributed by atoms with E-state index in [1.165, 1.54) is 0 Å². The maximum Gasteiger partial charge on any atom is 0.355 e. The number of aliphatic hydroxyl groups is 1. The Balaban J connectivity index is 1.98. The molecular formula is C14H16N2O3. The van der Waals surface area contributed by atoms with Crippen molar-refractivity contribution in [3.8, 4) is 0 Å². The summed E-state index contributed by atoms with van der Waals surface area (Å²) in [5.74, 6) is -0.263. The van der Waals surface area contributed by atoms with Crippen LogP contribution in [0.5, 0.6) is 0 Å². The van der Waals surface area contributed by atoms with Gasteiger partial charge in [-0.15, -0.1) is 0 Å². The molecule has 0 saturated carbocycles. The van der Waals surface area contributed by atoms with E-state index in [2.05, 4.69) is 5.32 Å². The van der Waals surface area contributed by atoms with E-state index in [4.69, 9.17) is 4.74 Å². The second-order valence-electron chi connectivity index (χ2n) is 4.82. The van der Waals surface area contributed by atoms with Gasteiger partial charge in [0.15, 0.2) is 0 Å². The molecule has 0 amide bonds. The first-order valence-electron chi connectivity index (χ1n) is 6.37. The zero-order valence-electron chi connectivity index (χ0n) is 10.7. The van der Waals surface area contributed by atoms with Crippen molar-refractivity contribution < 1.29 is 14.6 Å². The Kier molecular flexibility index (Phi) is 2.91. The molecule has 0 radical (unpaired) electrons. The van der Waals surface area contributed by atoms with Crippen LogP contribution in [0.1, 0.15) is 17.4 Å². The highest BCUT2D eigenvalue weighted by molar-refractivity contribution is 5.97. The Morgan fingerprint density at radius 3 is 3.11 bits per heavy atom. The fourth-order valence-corrected chi connectivity index (χ4v) is 2.36. The highest BCUT2D eigenvalue weighted by Gasteiger charge is 2.21. The zero-order chi connectivity index (χ0) is 13.4. The van der Waals surface area contributed by atoms with Crippen LogP contribution in [0, 0.1) is 0 Å². The molecule has 0 spiro atoms. The van der Waals surface area contributed by atoms with Crippen LogP contribution in [0.15, 0.2) is 24.3 Å². The van der Waals surface area contributed by atoms with Crippen molar-refractivity contribution in [3.63, 3.8) is 0 Å². The SMILES string of the molecule is CC(O)CNc1ccc2c(c1)cc1n2CCOC1=O. The molecule has 0 saturated heterocycles. The smallest absolute Gasteiger partial charge is 0.355 e.